The summed E-state index contributed by atoms with van der Waals surface area (Å²) in [5.74, 6) is 0.0590. The third-order valence-corrected chi connectivity index (χ3v) is 4.33. The van der Waals surface area contributed by atoms with Crippen LogP contribution in [0.2, 0.25) is 0 Å². The summed E-state index contributed by atoms with van der Waals surface area (Å²) in [6.45, 7) is 4.78. The molecule has 1 aromatic heterocycles. The van der Waals surface area contributed by atoms with E-state index in [0.717, 1.165) is 24.0 Å². The molecule has 0 spiro atoms. The molecule has 1 heterocycles. The standard InChI is InChI=1S/C19H28N4O/c1-5-9-18(17-10-7-6-8-11-17)21-19(24)15(2)22(3)13-16-12-20-23(4)14-16/h6-8,10-12,14-15,18H,5,9,13H2,1-4H3,(H,21,24). The van der Waals surface area contributed by atoms with Gasteiger partial charge in [0.1, 0.15) is 0 Å². The van der Waals surface area contributed by atoms with Crippen LogP contribution in [0, 0.1) is 0 Å². The molecule has 0 fully saturated rings. The first kappa shape index (κ1) is 18.2. The highest BCUT2D eigenvalue weighted by molar-refractivity contribution is 5.81. The lowest BCUT2D eigenvalue weighted by atomic mass is 10.0. The smallest absolute Gasteiger partial charge is 0.237 e. The molecule has 2 atom stereocenters. The number of benzene rings is 1. The van der Waals surface area contributed by atoms with E-state index in [-0.39, 0.29) is 18.0 Å². The van der Waals surface area contributed by atoms with Gasteiger partial charge in [0.15, 0.2) is 0 Å². The lowest BCUT2D eigenvalue weighted by Crippen LogP contribution is -2.44. The zero-order valence-corrected chi connectivity index (χ0v) is 15.1. The Bertz CT molecular complexity index is 638. The van der Waals surface area contributed by atoms with Crippen LogP contribution in [-0.2, 0) is 18.4 Å². The molecule has 24 heavy (non-hydrogen) atoms. The maximum atomic E-state index is 12.7. The van der Waals surface area contributed by atoms with Crippen molar-refractivity contribution in [2.45, 2.75) is 45.3 Å². The second kappa shape index (κ2) is 8.64. The van der Waals surface area contributed by atoms with Crippen LogP contribution in [0.5, 0.6) is 0 Å². The average Bonchev–Trinajstić information content (AvgIpc) is 2.99. The van der Waals surface area contributed by atoms with E-state index >= 15 is 0 Å². The van der Waals surface area contributed by atoms with Crippen LogP contribution in [0.15, 0.2) is 42.7 Å². The summed E-state index contributed by atoms with van der Waals surface area (Å²) in [6.07, 6.45) is 5.78. The van der Waals surface area contributed by atoms with E-state index in [2.05, 4.69) is 29.5 Å². The van der Waals surface area contributed by atoms with Crippen LogP contribution in [0.25, 0.3) is 0 Å². The fraction of sp³-hybridized carbons (Fsp3) is 0.474. The van der Waals surface area contributed by atoms with Gasteiger partial charge in [0, 0.05) is 25.4 Å². The Morgan fingerprint density at radius 3 is 2.62 bits per heavy atom. The Morgan fingerprint density at radius 2 is 2.04 bits per heavy atom. The van der Waals surface area contributed by atoms with Gasteiger partial charge in [0.05, 0.1) is 18.3 Å². The van der Waals surface area contributed by atoms with Gasteiger partial charge in [-0.3, -0.25) is 14.4 Å². The molecular formula is C19H28N4O. The van der Waals surface area contributed by atoms with Crippen LogP contribution < -0.4 is 5.32 Å². The van der Waals surface area contributed by atoms with Gasteiger partial charge in [-0.25, -0.2) is 0 Å². The molecule has 5 heteroatoms. The van der Waals surface area contributed by atoms with Gasteiger partial charge in [-0.15, -0.1) is 0 Å². The van der Waals surface area contributed by atoms with Gasteiger partial charge in [0.25, 0.3) is 0 Å². The number of likely N-dealkylation sites (N-methyl/N-ethyl adjacent to an activating group) is 1. The number of rotatable bonds is 8. The Kier molecular flexibility index (Phi) is 6.55. The van der Waals surface area contributed by atoms with Crippen LogP contribution in [0.3, 0.4) is 0 Å². The highest BCUT2D eigenvalue weighted by Crippen LogP contribution is 2.18. The fourth-order valence-corrected chi connectivity index (χ4v) is 2.77. The molecule has 0 aliphatic heterocycles. The summed E-state index contributed by atoms with van der Waals surface area (Å²) in [5, 5.41) is 7.38. The minimum atomic E-state index is -0.201. The molecule has 1 N–H and O–H groups in total. The van der Waals surface area contributed by atoms with Gasteiger partial charge in [-0.2, -0.15) is 5.10 Å². The minimum Gasteiger partial charge on any atom is -0.348 e. The summed E-state index contributed by atoms with van der Waals surface area (Å²) >= 11 is 0. The van der Waals surface area contributed by atoms with Crippen molar-refractivity contribution in [1.82, 2.24) is 20.0 Å². The van der Waals surface area contributed by atoms with Gasteiger partial charge < -0.3 is 5.32 Å². The molecule has 130 valence electrons. The largest absolute Gasteiger partial charge is 0.348 e. The van der Waals surface area contributed by atoms with Gasteiger partial charge in [-0.05, 0) is 26.0 Å². The number of amides is 1. The maximum absolute atomic E-state index is 12.7. The van der Waals surface area contributed by atoms with Crippen molar-refractivity contribution in [3.05, 3.63) is 53.9 Å². The quantitative estimate of drug-likeness (QED) is 0.810. The van der Waals surface area contributed by atoms with E-state index in [1.54, 1.807) is 4.68 Å². The lowest BCUT2D eigenvalue weighted by Gasteiger charge is -2.26. The van der Waals surface area contributed by atoms with Gasteiger partial charge in [0.2, 0.25) is 5.91 Å². The molecule has 0 bridgehead atoms. The zero-order valence-electron chi connectivity index (χ0n) is 15.1. The second-order valence-electron chi connectivity index (χ2n) is 6.37. The maximum Gasteiger partial charge on any atom is 0.237 e. The number of nitrogens with zero attached hydrogens (tertiary/aromatic N) is 3. The highest BCUT2D eigenvalue weighted by Gasteiger charge is 2.22. The molecule has 1 aromatic carbocycles. The predicted octanol–water partition coefficient (Wildman–Crippen LogP) is 2.90. The Balaban J connectivity index is 1.97. The van der Waals surface area contributed by atoms with E-state index in [9.17, 15) is 4.79 Å². The van der Waals surface area contributed by atoms with Crippen molar-refractivity contribution >= 4 is 5.91 Å². The van der Waals surface area contributed by atoms with Gasteiger partial charge >= 0.3 is 0 Å². The summed E-state index contributed by atoms with van der Waals surface area (Å²) in [4.78, 5) is 14.7. The molecule has 1 amide bonds. The summed E-state index contributed by atoms with van der Waals surface area (Å²) < 4.78 is 1.78. The fourth-order valence-electron chi connectivity index (χ4n) is 2.77. The Hall–Kier alpha value is -2.14. The monoisotopic (exact) mass is 328 g/mol. The third kappa shape index (κ3) is 4.93. The SMILES string of the molecule is CCCC(NC(=O)C(C)N(C)Cc1cnn(C)c1)c1ccccc1. The molecular weight excluding hydrogens is 300 g/mol. The molecule has 0 saturated heterocycles. The topological polar surface area (TPSA) is 50.2 Å². The predicted molar refractivity (Wildman–Crippen MR) is 96.4 cm³/mol. The second-order valence-corrected chi connectivity index (χ2v) is 6.37. The number of aryl methyl sites for hydroxylation is 1. The van der Waals surface area contributed by atoms with Crippen LogP contribution in [0.1, 0.15) is 43.9 Å². The van der Waals surface area contributed by atoms with E-state index in [1.165, 1.54) is 0 Å². The van der Waals surface area contributed by atoms with Crippen LogP contribution in [-0.4, -0.2) is 33.7 Å². The Morgan fingerprint density at radius 1 is 1.33 bits per heavy atom. The van der Waals surface area contributed by atoms with Crippen molar-refractivity contribution < 1.29 is 4.79 Å². The van der Waals surface area contributed by atoms with E-state index < -0.39 is 0 Å². The molecule has 2 aromatic rings. The molecule has 2 unspecified atom stereocenters. The van der Waals surface area contributed by atoms with Crippen molar-refractivity contribution in [2.75, 3.05) is 7.05 Å². The van der Waals surface area contributed by atoms with Crippen molar-refractivity contribution in [3.63, 3.8) is 0 Å². The molecule has 2 rings (SSSR count). The van der Waals surface area contributed by atoms with Gasteiger partial charge in [-0.1, -0.05) is 43.7 Å². The number of hydrogen-bond acceptors (Lipinski definition) is 3. The third-order valence-electron chi connectivity index (χ3n) is 4.33. The number of aromatic nitrogens is 2. The van der Waals surface area contributed by atoms with Crippen molar-refractivity contribution in [3.8, 4) is 0 Å². The Labute approximate surface area is 144 Å². The molecule has 0 aliphatic rings. The summed E-state index contributed by atoms with van der Waals surface area (Å²) in [6, 6.07) is 10.0. The normalized spacial score (nSPS) is 13.7. The van der Waals surface area contributed by atoms with Crippen LogP contribution >= 0.6 is 0 Å². The first-order chi connectivity index (χ1) is 11.5. The summed E-state index contributed by atoms with van der Waals surface area (Å²) in [7, 11) is 3.86. The zero-order chi connectivity index (χ0) is 17.5. The minimum absolute atomic E-state index is 0.0590. The van der Waals surface area contributed by atoms with Crippen molar-refractivity contribution in [2.24, 2.45) is 7.05 Å². The lowest BCUT2D eigenvalue weighted by molar-refractivity contribution is -0.126. The average molecular weight is 328 g/mol. The highest BCUT2D eigenvalue weighted by atomic mass is 16.2. The first-order valence-electron chi connectivity index (χ1n) is 8.54. The molecule has 0 saturated carbocycles. The van der Waals surface area contributed by atoms with E-state index in [0.29, 0.717) is 6.54 Å². The number of carbonyl (C=O) groups excluding carboxylic acids is 1. The first-order valence-corrected chi connectivity index (χ1v) is 8.54. The molecule has 5 nitrogen and oxygen atoms in total. The molecule has 0 radical (unpaired) electrons. The number of hydrogen-bond donors (Lipinski definition) is 1. The summed E-state index contributed by atoms with van der Waals surface area (Å²) in [5.41, 5.74) is 2.27. The number of nitrogens with one attached hydrogen (secondary N) is 1. The van der Waals surface area contributed by atoms with E-state index in [1.807, 2.05) is 56.5 Å². The van der Waals surface area contributed by atoms with Crippen molar-refractivity contribution in [1.29, 1.82) is 0 Å². The van der Waals surface area contributed by atoms with Crippen LogP contribution in [0.4, 0.5) is 0 Å². The molecule has 0 aliphatic carbocycles. The van der Waals surface area contributed by atoms with E-state index in [4.69, 9.17) is 0 Å². The number of carbonyl (C=O) groups is 1.